The van der Waals surface area contributed by atoms with Crippen LogP contribution in [0.25, 0.3) is 0 Å². The lowest BCUT2D eigenvalue weighted by atomic mass is 10.2. The second kappa shape index (κ2) is 6.04. The molecule has 2 aliphatic rings. The van der Waals surface area contributed by atoms with Crippen LogP contribution in [0.4, 0.5) is 0 Å². The fourth-order valence-electron chi connectivity index (χ4n) is 3.34. The lowest BCUT2D eigenvalue weighted by Gasteiger charge is -2.36. The molecule has 0 spiro atoms. The van der Waals surface area contributed by atoms with Crippen LogP contribution in [0.1, 0.15) is 24.8 Å². The van der Waals surface area contributed by atoms with Crippen molar-refractivity contribution in [1.29, 1.82) is 0 Å². The summed E-state index contributed by atoms with van der Waals surface area (Å²) in [6, 6.07) is 7.22. The Morgan fingerprint density at radius 3 is 3.05 bits per heavy atom. The third-order valence-electron chi connectivity index (χ3n) is 4.32. The van der Waals surface area contributed by atoms with Crippen molar-refractivity contribution in [3.8, 4) is 0 Å². The Labute approximate surface area is 126 Å². The number of sulfonamides is 1. The Bertz CT molecular complexity index is 603. The molecule has 1 aromatic carbocycles. The zero-order valence-corrected chi connectivity index (χ0v) is 13.1. The Balaban J connectivity index is 1.90. The van der Waals surface area contributed by atoms with E-state index in [0.717, 1.165) is 24.8 Å². The molecule has 2 atom stereocenters. The van der Waals surface area contributed by atoms with E-state index in [1.807, 2.05) is 19.2 Å². The molecule has 116 valence electrons. The summed E-state index contributed by atoms with van der Waals surface area (Å²) in [4.78, 5) is 0.391. The molecule has 0 amide bonds. The van der Waals surface area contributed by atoms with Crippen molar-refractivity contribution >= 4 is 10.0 Å². The molecule has 5 nitrogen and oxygen atoms in total. The number of nitrogens with one attached hydrogen (secondary N) is 1. The standard InChI is InChI=1S/C15H22N2O3S/c1-16-11-12-4-2-5-13(10-12)21(18,19)17-8-9-20-15-7-3-6-14(15)17/h2,4-5,10,14-16H,3,6-9,11H2,1H3. The number of benzene rings is 1. The highest BCUT2D eigenvalue weighted by molar-refractivity contribution is 7.89. The van der Waals surface area contributed by atoms with E-state index in [4.69, 9.17) is 4.74 Å². The first-order valence-electron chi connectivity index (χ1n) is 7.50. The number of fused-ring (bicyclic) bond motifs is 1. The van der Waals surface area contributed by atoms with Crippen molar-refractivity contribution in [2.45, 2.75) is 42.8 Å². The summed E-state index contributed by atoms with van der Waals surface area (Å²) in [6.45, 7) is 1.62. The molecular formula is C15H22N2O3S. The van der Waals surface area contributed by atoms with Crippen molar-refractivity contribution in [3.63, 3.8) is 0 Å². The lowest BCUT2D eigenvalue weighted by molar-refractivity contribution is -0.0241. The molecule has 1 saturated carbocycles. The second-order valence-electron chi connectivity index (χ2n) is 5.70. The molecule has 0 bridgehead atoms. The highest BCUT2D eigenvalue weighted by atomic mass is 32.2. The second-order valence-corrected chi connectivity index (χ2v) is 7.59. The predicted octanol–water partition coefficient (Wildman–Crippen LogP) is 1.35. The number of rotatable bonds is 4. The first-order chi connectivity index (χ1) is 10.1. The summed E-state index contributed by atoms with van der Waals surface area (Å²) in [5.74, 6) is 0. The zero-order valence-electron chi connectivity index (χ0n) is 12.3. The predicted molar refractivity (Wildman–Crippen MR) is 80.5 cm³/mol. The first kappa shape index (κ1) is 15.0. The van der Waals surface area contributed by atoms with Gasteiger partial charge in [-0.05, 0) is 44.0 Å². The minimum atomic E-state index is -3.43. The fourth-order valence-corrected chi connectivity index (χ4v) is 5.08. The van der Waals surface area contributed by atoms with E-state index in [0.29, 0.717) is 24.6 Å². The van der Waals surface area contributed by atoms with Gasteiger partial charge >= 0.3 is 0 Å². The van der Waals surface area contributed by atoms with Gasteiger partial charge in [-0.1, -0.05) is 12.1 Å². The van der Waals surface area contributed by atoms with Crippen LogP contribution >= 0.6 is 0 Å². The van der Waals surface area contributed by atoms with Crippen LogP contribution in [0.15, 0.2) is 29.2 Å². The highest BCUT2D eigenvalue weighted by Gasteiger charge is 2.42. The van der Waals surface area contributed by atoms with Gasteiger partial charge in [0, 0.05) is 13.1 Å². The lowest BCUT2D eigenvalue weighted by Crippen LogP contribution is -2.51. The Hall–Kier alpha value is -0.950. The molecule has 21 heavy (non-hydrogen) atoms. The Kier molecular flexibility index (Phi) is 4.31. The number of morpholine rings is 1. The minimum Gasteiger partial charge on any atom is -0.375 e. The van der Waals surface area contributed by atoms with Crippen molar-refractivity contribution in [1.82, 2.24) is 9.62 Å². The van der Waals surface area contributed by atoms with E-state index in [1.54, 1.807) is 16.4 Å². The Morgan fingerprint density at radius 2 is 2.24 bits per heavy atom. The van der Waals surface area contributed by atoms with Crippen molar-refractivity contribution in [2.75, 3.05) is 20.2 Å². The molecule has 6 heteroatoms. The number of hydrogen-bond acceptors (Lipinski definition) is 4. The quantitative estimate of drug-likeness (QED) is 0.912. The topological polar surface area (TPSA) is 58.6 Å². The van der Waals surface area contributed by atoms with E-state index in [2.05, 4.69) is 5.32 Å². The molecule has 1 saturated heterocycles. The summed E-state index contributed by atoms with van der Waals surface area (Å²) in [7, 11) is -1.58. The number of ether oxygens (including phenoxy) is 1. The van der Waals surface area contributed by atoms with Crippen LogP contribution < -0.4 is 5.32 Å². The van der Waals surface area contributed by atoms with Crippen molar-refractivity contribution in [3.05, 3.63) is 29.8 Å². The third-order valence-corrected chi connectivity index (χ3v) is 6.24. The monoisotopic (exact) mass is 310 g/mol. The normalized spacial score (nSPS) is 26.7. The molecule has 1 aromatic rings. The van der Waals surface area contributed by atoms with Crippen LogP contribution in [-0.4, -0.2) is 45.1 Å². The van der Waals surface area contributed by atoms with Gasteiger partial charge in [0.05, 0.1) is 23.6 Å². The number of hydrogen-bond donors (Lipinski definition) is 1. The minimum absolute atomic E-state index is 0.0108. The molecule has 1 aliphatic heterocycles. The average molecular weight is 310 g/mol. The molecule has 0 aromatic heterocycles. The van der Waals surface area contributed by atoms with Gasteiger partial charge in [0.15, 0.2) is 0 Å². The van der Waals surface area contributed by atoms with Gasteiger partial charge < -0.3 is 10.1 Å². The van der Waals surface area contributed by atoms with Crippen molar-refractivity contribution in [2.24, 2.45) is 0 Å². The van der Waals surface area contributed by atoms with E-state index >= 15 is 0 Å². The van der Waals surface area contributed by atoms with Gasteiger partial charge in [0.2, 0.25) is 10.0 Å². The van der Waals surface area contributed by atoms with E-state index in [1.165, 1.54) is 0 Å². The van der Waals surface area contributed by atoms with Crippen molar-refractivity contribution < 1.29 is 13.2 Å². The van der Waals surface area contributed by atoms with Crippen LogP contribution in [0.5, 0.6) is 0 Å². The maximum absolute atomic E-state index is 12.9. The molecular weight excluding hydrogens is 288 g/mol. The molecule has 3 rings (SSSR count). The van der Waals surface area contributed by atoms with Crippen LogP contribution in [0.3, 0.4) is 0 Å². The Morgan fingerprint density at radius 1 is 1.38 bits per heavy atom. The fraction of sp³-hybridized carbons (Fsp3) is 0.600. The van der Waals surface area contributed by atoms with Gasteiger partial charge in [-0.15, -0.1) is 0 Å². The third kappa shape index (κ3) is 2.85. The van der Waals surface area contributed by atoms with Gasteiger partial charge in [-0.25, -0.2) is 8.42 Å². The molecule has 1 heterocycles. The van der Waals surface area contributed by atoms with Crippen LogP contribution in [0, 0.1) is 0 Å². The molecule has 0 radical (unpaired) electrons. The maximum Gasteiger partial charge on any atom is 0.243 e. The number of nitrogens with zero attached hydrogens (tertiary/aromatic N) is 1. The molecule has 2 unspecified atom stereocenters. The summed E-state index contributed by atoms with van der Waals surface area (Å²) in [6.07, 6.45) is 2.99. The SMILES string of the molecule is CNCc1cccc(S(=O)(=O)N2CCOC3CCCC32)c1. The smallest absolute Gasteiger partial charge is 0.243 e. The summed E-state index contributed by atoms with van der Waals surface area (Å²) < 4.78 is 33.2. The largest absolute Gasteiger partial charge is 0.375 e. The summed E-state index contributed by atoms with van der Waals surface area (Å²) in [5.41, 5.74) is 0.981. The van der Waals surface area contributed by atoms with Gasteiger partial charge in [-0.3, -0.25) is 0 Å². The molecule has 1 N–H and O–H groups in total. The van der Waals surface area contributed by atoms with Crippen LogP contribution in [-0.2, 0) is 21.3 Å². The summed E-state index contributed by atoms with van der Waals surface area (Å²) in [5, 5.41) is 3.05. The van der Waals surface area contributed by atoms with Gasteiger partial charge in [-0.2, -0.15) is 4.31 Å². The molecule has 1 aliphatic carbocycles. The van der Waals surface area contributed by atoms with E-state index < -0.39 is 10.0 Å². The van der Waals surface area contributed by atoms with E-state index in [-0.39, 0.29) is 12.1 Å². The van der Waals surface area contributed by atoms with E-state index in [9.17, 15) is 8.42 Å². The highest BCUT2D eigenvalue weighted by Crippen LogP contribution is 2.33. The van der Waals surface area contributed by atoms with Gasteiger partial charge in [0.25, 0.3) is 0 Å². The van der Waals surface area contributed by atoms with Crippen LogP contribution in [0.2, 0.25) is 0 Å². The average Bonchev–Trinajstić information content (AvgIpc) is 2.96. The first-order valence-corrected chi connectivity index (χ1v) is 8.94. The zero-order chi connectivity index (χ0) is 14.9. The van der Waals surface area contributed by atoms with Gasteiger partial charge in [0.1, 0.15) is 0 Å². The molecule has 2 fully saturated rings. The summed E-state index contributed by atoms with van der Waals surface area (Å²) >= 11 is 0. The maximum atomic E-state index is 12.9.